The molecule has 2 atom stereocenters. The number of unbranched alkanes of at least 4 members (excludes halogenated alkanes) is 41. The molecule has 0 fully saturated rings. The smallest absolute Gasteiger partial charge is 0.305 e. The van der Waals surface area contributed by atoms with Gasteiger partial charge in [0.25, 0.3) is 0 Å². The summed E-state index contributed by atoms with van der Waals surface area (Å²) >= 11 is 0. The zero-order valence-electron chi connectivity index (χ0n) is 47.5. The lowest BCUT2D eigenvalue weighted by Crippen LogP contribution is -2.45. The lowest BCUT2D eigenvalue weighted by atomic mass is 10.0. The summed E-state index contributed by atoms with van der Waals surface area (Å²) in [6.07, 6.45) is 77.3. The largest absolute Gasteiger partial charge is 0.466 e. The summed E-state index contributed by atoms with van der Waals surface area (Å²) in [4.78, 5) is 24.5. The summed E-state index contributed by atoms with van der Waals surface area (Å²) in [6.45, 7) is 4.88. The molecule has 0 aliphatic carbocycles. The van der Waals surface area contributed by atoms with E-state index >= 15 is 0 Å². The van der Waals surface area contributed by atoms with Crippen LogP contribution >= 0.6 is 0 Å². The van der Waals surface area contributed by atoms with E-state index in [9.17, 15) is 19.8 Å². The van der Waals surface area contributed by atoms with Crippen LogP contribution in [0.2, 0.25) is 0 Å². The third-order valence-electron chi connectivity index (χ3n) is 14.3. The maximum atomic E-state index is 12.4. The van der Waals surface area contributed by atoms with Gasteiger partial charge in [-0.1, -0.05) is 274 Å². The zero-order chi connectivity index (χ0) is 51.4. The molecule has 0 bridgehead atoms. The Morgan fingerprint density at radius 3 is 1.10 bits per heavy atom. The molecule has 0 aliphatic heterocycles. The topological polar surface area (TPSA) is 95.9 Å². The molecule has 0 heterocycles. The minimum atomic E-state index is -0.847. The van der Waals surface area contributed by atoms with Gasteiger partial charge in [0.05, 0.1) is 25.4 Å². The molecule has 0 aromatic carbocycles. The fraction of sp³-hybridized carbons (Fsp3) is 0.846. The van der Waals surface area contributed by atoms with Crippen molar-refractivity contribution in [2.75, 3.05) is 13.2 Å². The van der Waals surface area contributed by atoms with Crippen molar-refractivity contribution >= 4 is 11.9 Å². The van der Waals surface area contributed by atoms with Crippen molar-refractivity contribution in [3.63, 3.8) is 0 Å². The van der Waals surface area contributed by atoms with Gasteiger partial charge in [-0.25, -0.2) is 0 Å². The summed E-state index contributed by atoms with van der Waals surface area (Å²) in [5, 5.41) is 23.0. The van der Waals surface area contributed by atoms with E-state index in [4.69, 9.17) is 4.74 Å². The molecule has 0 saturated carbocycles. The van der Waals surface area contributed by atoms with Gasteiger partial charge in [-0.15, -0.1) is 0 Å². The predicted molar refractivity (Wildman–Crippen MR) is 310 cm³/mol. The highest BCUT2D eigenvalue weighted by atomic mass is 16.5. The summed E-state index contributed by atoms with van der Waals surface area (Å²) in [7, 11) is 0. The standard InChI is InChI=1S/C65H121NO5/c1-3-5-7-9-11-13-15-17-18-19-29-32-35-39-43-47-51-55-59-65(70)71-60-56-52-48-44-40-36-33-30-27-25-23-21-20-22-24-26-28-31-34-38-42-46-50-54-58-64(69)66-62(61-67)63(68)57-53-49-45-41-37-16-14-12-10-8-6-4-2/h13,15,18-19,22,24,53,57,62-63,67-68H,3-12,14,16-17,20-21,23,25-52,54-56,58-61H2,1-2H3,(H,66,69)/b15-13-,19-18-,24-22-,57-53+. The van der Waals surface area contributed by atoms with Crippen LogP contribution < -0.4 is 5.32 Å². The molecule has 0 spiro atoms. The summed E-state index contributed by atoms with van der Waals surface area (Å²) in [5.74, 6) is -0.0689. The quantitative estimate of drug-likeness (QED) is 0.0321. The molecule has 0 aromatic rings. The third-order valence-corrected chi connectivity index (χ3v) is 14.3. The second kappa shape index (κ2) is 60.4. The minimum absolute atomic E-state index is 0.00437. The first-order chi connectivity index (χ1) is 35.0. The van der Waals surface area contributed by atoms with Gasteiger partial charge in [0, 0.05) is 12.8 Å². The molecule has 0 aromatic heterocycles. The van der Waals surface area contributed by atoms with E-state index in [-0.39, 0.29) is 18.5 Å². The normalized spacial score (nSPS) is 12.9. The van der Waals surface area contributed by atoms with Gasteiger partial charge in [0.15, 0.2) is 0 Å². The zero-order valence-corrected chi connectivity index (χ0v) is 47.5. The SMILES string of the molecule is CCCCCC/C=C\C/C=C\CCCCCCCCCC(=O)OCCCCCCCCCCCCCC/C=C\CCCCCCCCCCC(=O)NC(CO)C(O)/C=C/CCCCCCCCCCCC. The fourth-order valence-corrected chi connectivity index (χ4v) is 9.48. The molecule has 6 heteroatoms. The molecular formula is C65H121NO5. The lowest BCUT2D eigenvalue weighted by Gasteiger charge is -2.20. The molecule has 0 rings (SSSR count). The molecule has 2 unspecified atom stereocenters. The van der Waals surface area contributed by atoms with Gasteiger partial charge < -0.3 is 20.3 Å². The van der Waals surface area contributed by atoms with Crippen LogP contribution in [0.1, 0.15) is 328 Å². The van der Waals surface area contributed by atoms with Crippen LogP contribution in [0, 0.1) is 0 Å². The maximum absolute atomic E-state index is 12.4. The van der Waals surface area contributed by atoms with Crippen LogP contribution in [0.3, 0.4) is 0 Å². The fourth-order valence-electron chi connectivity index (χ4n) is 9.48. The van der Waals surface area contributed by atoms with Gasteiger partial charge in [-0.3, -0.25) is 9.59 Å². The van der Waals surface area contributed by atoms with Crippen LogP contribution in [0.25, 0.3) is 0 Å². The van der Waals surface area contributed by atoms with Crippen LogP contribution in [0.15, 0.2) is 48.6 Å². The molecule has 0 radical (unpaired) electrons. The summed E-state index contributed by atoms with van der Waals surface area (Å²) in [6, 6.07) is -0.631. The van der Waals surface area contributed by atoms with Crippen molar-refractivity contribution in [1.82, 2.24) is 5.32 Å². The van der Waals surface area contributed by atoms with Gasteiger partial charge >= 0.3 is 5.97 Å². The first kappa shape index (κ1) is 68.8. The Morgan fingerprint density at radius 2 is 0.704 bits per heavy atom. The van der Waals surface area contributed by atoms with E-state index in [2.05, 4.69) is 55.6 Å². The number of aliphatic hydroxyl groups is 2. The number of rotatable bonds is 58. The number of esters is 1. The highest BCUT2D eigenvalue weighted by Gasteiger charge is 2.18. The van der Waals surface area contributed by atoms with E-state index in [0.717, 1.165) is 51.4 Å². The Labute approximate surface area is 442 Å². The molecule has 416 valence electrons. The number of carbonyl (C=O) groups excluding carboxylic acids is 2. The highest BCUT2D eigenvalue weighted by molar-refractivity contribution is 5.76. The minimum Gasteiger partial charge on any atom is -0.466 e. The maximum Gasteiger partial charge on any atom is 0.305 e. The van der Waals surface area contributed by atoms with Crippen molar-refractivity contribution in [2.24, 2.45) is 0 Å². The average Bonchev–Trinajstić information content (AvgIpc) is 3.37. The number of allylic oxidation sites excluding steroid dienone is 7. The number of ether oxygens (including phenoxy) is 1. The molecular weight excluding hydrogens is 875 g/mol. The first-order valence-electron chi connectivity index (χ1n) is 31.4. The number of amides is 1. The van der Waals surface area contributed by atoms with Gasteiger partial charge in [0.2, 0.25) is 5.91 Å². The Hall–Kier alpha value is -2.18. The highest BCUT2D eigenvalue weighted by Crippen LogP contribution is 2.16. The van der Waals surface area contributed by atoms with Crippen LogP contribution in [0.4, 0.5) is 0 Å². The Balaban J connectivity index is 3.41. The van der Waals surface area contributed by atoms with Gasteiger partial charge in [0.1, 0.15) is 0 Å². The van der Waals surface area contributed by atoms with Crippen molar-refractivity contribution < 1.29 is 24.5 Å². The van der Waals surface area contributed by atoms with E-state index in [1.54, 1.807) is 6.08 Å². The summed E-state index contributed by atoms with van der Waals surface area (Å²) < 4.78 is 5.49. The van der Waals surface area contributed by atoms with Crippen LogP contribution in [-0.4, -0.2) is 47.4 Å². The molecule has 0 saturated heterocycles. The Morgan fingerprint density at radius 1 is 0.394 bits per heavy atom. The molecule has 6 nitrogen and oxygen atoms in total. The lowest BCUT2D eigenvalue weighted by molar-refractivity contribution is -0.143. The molecule has 3 N–H and O–H groups in total. The summed E-state index contributed by atoms with van der Waals surface area (Å²) in [5.41, 5.74) is 0. The van der Waals surface area contributed by atoms with Crippen molar-refractivity contribution in [3.8, 4) is 0 Å². The van der Waals surface area contributed by atoms with Crippen molar-refractivity contribution in [1.29, 1.82) is 0 Å². The number of hydrogen-bond acceptors (Lipinski definition) is 5. The predicted octanol–water partition coefficient (Wildman–Crippen LogP) is 19.7. The monoisotopic (exact) mass is 996 g/mol. The Kier molecular flexibility index (Phi) is 58.5. The average molecular weight is 997 g/mol. The second-order valence-electron chi connectivity index (χ2n) is 21.4. The first-order valence-corrected chi connectivity index (χ1v) is 31.4. The molecule has 71 heavy (non-hydrogen) atoms. The number of carbonyl (C=O) groups is 2. The van der Waals surface area contributed by atoms with Crippen molar-refractivity contribution in [2.45, 2.75) is 341 Å². The second-order valence-corrected chi connectivity index (χ2v) is 21.4. The van der Waals surface area contributed by atoms with E-state index in [1.807, 2.05) is 6.08 Å². The number of aliphatic hydroxyl groups excluding tert-OH is 2. The van der Waals surface area contributed by atoms with Crippen molar-refractivity contribution in [3.05, 3.63) is 48.6 Å². The number of nitrogens with one attached hydrogen (secondary N) is 1. The van der Waals surface area contributed by atoms with E-state index < -0.39 is 12.1 Å². The van der Waals surface area contributed by atoms with E-state index in [0.29, 0.717) is 19.4 Å². The van der Waals surface area contributed by atoms with Gasteiger partial charge in [-0.05, 0) is 89.9 Å². The van der Waals surface area contributed by atoms with Crippen LogP contribution in [-0.2, 0) is 14.3 Å². The molecule has 1 amide bonds. The van der Waals surface area contributed by atoms with Crippen LogP contribution in [0.5, 0.6) is 0 Å². The van der Waals surface area contributed by atoms with E-state index in [1.165, 1.54) is 250 Å². The van der Waals surface area contributed by atoms with Gasteiger partial charge in [-0.2, -0.15) is 0 Å². The third kappa shape index (κ3) is 57.0. The molecule has 0 aliphatic rings. The Bertz CT molecular complexity index is 1190. The number of hydrogen-bond donors (Lipinski definition) is 3.